The molecule has 0 saturated heterocycles. The van der Waals surface area contributed by atoms with Crippen LogP contribution >= 0.6 is 0 Å². The molecule has 45 heavy (non-hydrogen) atoms. The zero-order valence-corrected chi connectivity index (χ0v) is 20.8. The molecule has 0 saturated carbocycles. The monoisotopic (exact) mass is 684 g/mol. The van der Waals surface area contributed by atoms with Gasteiger partial charge in [-0.1, -0.05) is 0 Å². The highest BCUT2D eigenvalue weighted by atomic mass is 19.4. The van der Waals surface area contributed by atoms with E-state index in [1.165, 1.54) is 0 Å². The summed E-state index contributed by atoms with van der Waals surface area (Å²) >= 11 is 0. The van der Waals surface area contributed by atoms with Crippen LogP contribution in [0.1, 0.15) is 47.0 Å². The molecule has 0 fully saturated rings. The molecule has 0 atom stereocenters. The number of hydrogen-bond acceptors (Lipinski definition) is 4. The number of amides is 2. The molecule has 0 radical (unpaired) electrons. The zero-order valence-electron chi connectivity index (χ0n) is 20.8. The first-order chi connectivity index (χ1) is 19.8. The largest absolute Gasteiger partial charge is 0.478 e. The van der Waals surface area contributed by atoms with Crippen molar-refractivity contribution in [3.63, 3.8) is 0 Å². The van der Waals surface area contributed by atoms with Crippen molar-refractivity contribution in [2.24, 2.45) is 11.5 Å². The van der Waals surface area contributed by atoms with E-state index in [0.29, 0.717) is 12.1 Å². The number of aromatic carboxylic acids is 2. The summed E-state index contributed by atoms with van der Waals surface area (Å²) < 4.78 is 205. The van der Waals surface area contributed by atoms with E-state index >= 15 is 0 Å². The third-order valence-corrected chi connectivity index (χ3v) is 6.14. The minimum atomic E-state index is -8.62. The van der Waals surface area contributed by atoms with Gasteiger partial charge in [-0.15, -0.1) is 0 Å². The van der Waals surface area contributed by atoms with Gasteiger partial charge in [0, 0.05) is 22.8 Å². The number of nitrogens with two attached hydrogens (primary N) is 2. The Bertz CT molecular complexity index is 1600. The first-order valence-corrected chi connectivity index (χ1v) is 10.9. The summed E-state index contributed by atoms with van der Waals surface area (Å²) in [7, 11) is 0. The minimum absolute atomic E-state index is 0.241. The number of carbonyl (C=O) groups is 4. The second kappa shape index (κ2) is 10.6. The Kier molecular flexibility index (Phi) is 8.62. The first kappa shape index (κ1) is 36.7. The number of rotatable bonds is 11. The normalized spacial score (nSPS) is 14.0. The quantitative estimate of drug-likeness (QED) is 0.234. The van der Waals surface area contributed by atoms with Crippen LogP contribution in [0.5, 0.6) is 0 Å². The highest BCUT2D eigenvalue weighted by Gasteiger charge is 2.93. The maximum absolute atomic E-state index is 14.8. The average molecular weight is 684 g/mol. The molecule has 2 aromatic carbocycles. The molecule has 0 aliphatic rings. The first-order valence-electron chi connectivity index (χ1n) is 10.9. The molecular weight excluding hydrogens is 673 g/mol. The summed E-state index contributed by atoms with van der Waals surface area (Å²) in [4.78, 5) is 47.5. The summed E-state index contributed by atoms with van der Waals surface area (Å²) in [6.07, 6.45) is -11.1. The Morgan fingerprint density at radius 2 is 0.933 bits per heavy atom. The Morgan fingerprint density at radius 1 is 0.556 bits per heavy atom. The van der Waals surface area contributed by atoms with Crippen LogP contribution in [0.3, 0.4) is 0 Å². The fraction of sp³-hybridized carbons (Fsp3) is 0.364. The number of fused-ring (bicyclic) bond motifs is 1. The van der Waals surface area contributed by atoms with Crippen LogP contribution in [-0.2, 0) is 6.42 Å². The van der Waals surface area contributed by atoms with E-state index in [1.807, 2.05) is 0 Å². The number of hydrogen-bond donors (Lipinski definition) is 4. The Morgan fingerprint density at radius 3 is 1.29 bits per heavy atom. The molecule has 2 amide bonds. The van der Waals surface area contributed by atoms with Gasteiger partial charge in [0.15, 0.2) is 0 Å². The van der Waals surface area contributed by atoms with Crippen LogP contribution in [0.25, 0.3) is 10.8 Å². The minimum Gasteiger partial charge on any atom is -0.478 e. The van der Waals surface area contributed by atoms with Gasteiger partial charge in [0.05, 0.1) is 16.7 Å². The van der Waals surface area contributed by atoms with Crippen LogP contribution in [0.15, 0.2) is 18.2 Å². The molecule has 0 aliphatic carbocycles. The predicted molar refractivity (Wildman–Crippen MR) is 114 cm³/mol. The van der Waals surface area contributed by atoms with Gasteiger partial charge in [0.1, 0.15) is 0 Å². The van der Waals surface area contributed by atoms with Gasteiger partial charge in [0.25, 0.3) is 0 Å². The van der Waals surface area contributed by atoms with Crippen molar-refractivity contribution in [1.82, 2.24) is 0 Å². The molecule has 0 aliphatic heterocycles. The van der Waals surface area contributed by atoms with E-state index in [2.05, 4.69) is 0 Å². The van der Waals surface area contributed by atoms with Crippen molar-refractivity contribution in [3.05, 3.63) is 46.0 Å². The van der Waals surface area contributed by atoms with E-state index in [9.17, 15) is 95.2 Å². The number of primary amides is 2. The molecule has 6 N–H and O–H groups in total. The van der Waals surface area contributed by atoms with Crippen LogP contribution in [0.2, 0.25) is 0 Å². The van der Waals surface area contributed by atoms with E-state index in [1.54, 1.807) is 0 Å². The second-order valence-corrected chi connectivity index (χ2v) is 8.96. The van der Waals surface area contributed by atoms with Gasteiger partial charge in [0.2, 0.25) is 11.8 Å². The summed E-state index contributed by atoms with van der Waals surface area (Å²) in [6.45, 7) is 0. The topological polar surface area (TPSA) is 161 Å². The number of halogens is 15. The molecule has 23 heteroatoms. The van der Waals surface area contributed by atoms with Crippen molar-refractivity contribution in [1.29, 1.82) is 0 Å². The van der Waals surface area contributed by atoms with Crippen molar-refractivity contribution in [2.45, 2.75) is 48.1 Å². The molecule has 250 valence electrons. The van der Waals surface area contributed by atoms with Crippen molar-refractivity contribution in [3.8, 4) is 0 Å². The van der Waals surface area contributed by atoms with Crippen molar-refractivity contribution in [2.75, 3.05) is 0 Å². The molecule has 2 aromatic rings. The lowest BCUT2D eigenvalue weighted by Gasteiger charge is -2.41. The van der Waals surface area contributed by atoms with Gasteiger partial charge in [-0.25, -0.2) is 9.59 Å². The second-order valence-electron chi connectivity index (χ2n) is 8.96. The highest BCUT2D eigenvalue weighted by molar-refractivity contribution is 6.23. The lowest BCUT2D eigenvalue weighted by Crippen LogP contribution is -2.72. The lowest BCUT2D eigenvalue weighted by atomic mass is 9.84. The smallest absolute Gasteiger partial charge is 0.460 e. The molecule has 0 heterocycles. The predicted octanol–water partition coefficient (Wildman–Crippen LogP) is 5.35. The molecule has 0 spiro atoms. The third kappa shape index (κ3) is 5.19. The molecule has 0 aromatic heterocycles. The maximum atomic E-state index is 14.8. The van der Waals surface area contributed by atoms with Crippen molar-refractivity contribution >= 4 is 34.5 Å². The van der Waals surface area contributed by atoms with Gasteiger partial charge >= 0.3 is 53.7 Å². The number of alkyl halides is 15. The van der Waals surface area contributed by atoms with Crippen LogP contribution in [0.4, 0.5) is 65.9 Å². The number of carboxylic acids is 2. The Balaban J connectivity index is 3.00. The number of carbonyl (C=O) groups excluding carboxylic acids is 2. The fourth-order valence-corrected chi connectivity index (χ4v) is 3.94. The lowest BCUT2D eigenvalue weighted by molar-refractivity contribution is -0.452. The van der Waals surface area contributed by atoms with Crippen LogP contribution < -0.4 is 11.5 Å². The summed E-state index contributed by atoms with van der Waals surface area (Å²) in [5.41, 5.74) is 2.25. The third-order valence-electron chi connectivity index (χ3n) is 6.14. The van der Waals surface area contributed by atoms with Crippen LogP contribution in [0, 0.1) is 0 Å². The Hall–Kier alpha value is -4.47. The number of carboxylic acid groups (broad SMARTS) is 2. The van der Waals surface area contributed by atoms with Gasteiger partial charge in [-0.2, -0.15) is 65.9 Å². The average Bonchev–Trinajstić information content (AvgIpc) is 2.85. The van der Waals surface area contributed by atoms with Crippen LogP contribution in [-0.4, -0.2) is 75.7 Å². The zero-order chi connectivity index (χ0) is 35.7. The standard InChI is InChI=1S/C22H11F15N2O6/c23-16(24,17(25,26)18(27,28)19(29,30)20(31,32)21(33,34)22(35,36)37)4-5-3-8(12(38)40)10-6(14(42)43)1-2-7(15(44)45)11(10)9(5)13(39)41/h1-3H,4H2,(H2,38,40)(H2,39,41)(H,42,43)(H,44,45). The Labute approximate surface area is 236 Å². The molecule has 0 unspecified atom stereocenters. The summed E-state index contributed by atoms with van der Waals surface area (Å²) in [6, 6.07) is 0.516. The number of benzene rings is 2. The van der Waals surface area contributed by atoms with Crippen molar-refractivity contribution < 1.29 is 95.2 Å². The van der Waals surface area contributed by atoms with Gasteiger partial charge in [-0.05, 0) is 23.8 Å². The maximum Gasteiger partial charge on any atom is 0.460 e. The van der Waals surface area contributed by atoms with E-state index < -0.39 is 110 Å². The molecular formula is C22H11F15N2O6. The fourth-order valence-electron chi connectivity index (χ4n) is 3.94. The highest BCUT2D eigenvalue weighted by Crippen LogP contribution is 2.62. The SMILES string of the molecule is NC(=O)c1cc(CC(F)(F)C(F)(F)C(F)(F)C(F)(F)C(F)(F)C(F)(F)C(F)(F)F)c(C(N)=O)c2c(C(=O)O)ccc(C(=O)O)c12. The molecule has 0 bridgehead atoms. The van der Waals surface area contributed by atoms with E-state index in [4.69, 9.17) is 11.5 Å². The summed E-state index contributed by atoms with van der Waals surface area (Å²) in [5, 5.41) is 16.1. The van der Waals surface area contributed by atoms with E-state index in [0.717, 1.165) is 0 Å². The van der Waals surface area contributed by atoms with E-state index in [-0.39, 0.29) is 6.07 Å². The summed E-state index contributed by atoms with van der Waals surface area (Å²) in [5.74, 6) is -57.2. The van der Waals surface area contributed by atoms with Gasteiger partial charge in [-0.3, -0.25) is 9.59 Å². The van der Waals surface area contributed by atoms with Gasteiger partial charge < -0.3 is 21.7 Å². The molecule has 2 rings (SSSR count). The molecule has 8 nitrogen and oxygen atoms in total.